The lowest BCUT2D eigenvalue weighted by Gasteiger charge is -2.28. The van der Waals surface area contributed by atoms with Crippen molar-refractivity contribution in [3.63, 3.8) is 0 Å². The molecule has 0 aliphatic heterocycles. The number of fused-ring (bicyclic) bond motifs is 1. The summed E-state index contributed by atoms with van der Waals surface area (Å²) >= 11 is 0. The van der Waals surface area contributed by atoms with E-state index in [-0.39, 0.29) is 45.2 Å². The van der Waals surface area contributed by atoms with Crippen molar-refractivity contribution >= 4 is 11.0 Å². The number of pyridine rings is 1. The van der Waals surface area contributed by atoms with Crippen LogP contribution in [0.5, 0.6) is 5.75 Å². The average Bonchev–Trinajstić information content (AvgIpc) is 0.857. The number of benzene rings is 6. The minimum absolute atomic E-state index is 0.0168. The molecule has 2 heterocycles. The highest BCUT2D eigenvalue weighted by molar-refractivity contribution is 5.97. The summed E-state index contributed by atoms with van der Waals surface area (Å²) in [5.41, 5.74) is -11.4. The van der Waals surface area contributed by atoms with Gasteiger partial charge in [0.05, 0.1) is 38.9 Å². The predicted molar refractivity (Wildman–Crippen MR) is 263 cm³/mol. The maximum Gasteiger partial charge on any atom is 0.149 e. The summed E-state index contributed by atoms with van der Waals surface area (Å²) in [7, 11) is 0. The van der Waals surface area contributed by atoms with Crippen LogP contribution in [0.3, 0.4) is 0 Å². The van der Waals surface area contributed by atoms with Gasteiger partial charge in [0.1, 0.15) is 11.6 Å². The van der Waals surface area contributed by atoms with Crippen LogP contribution in [-0.2, 0) is 21.7 Å². The number of hydrogen-bond acceptors (Lipinski definition) is 3. The molecule has 4 nitrogen and oxygen atoms in total. The van der Waals surface area contributed by atoms with E-state index in [1.54, 1.807) is 42.5 Å². The van der Waals surface area contributed by atoms with Crippen molar-refractivity contribution in [3.8, 4) is 67.5 Å². The lowest BCUT2D eigenvalue weighted by molar-refractivity contribution is 0.446. The highest BCUT2D eigenvalue weighted by atomic mass is 16.3. The summed E-state index contributed by atoms with van der Waals surface area (Å²) in [4.78, 5) is 9.46. The Labute approximate surface area is 405 Å². The van der Waals surface area contributed by atoms with Gasteiger partial charge in [-0.2, -0.15) is 0 Å². The minimum atomic E-state index is -4.23. The molecule has 2 aromatic heterocycles. The number of aromatic hydroxyl groups is 1. The second kappa shape index (κ2) is 15.6. The Kier molecular flexibility index (Phi) is 5.33. The molecule has 0 aliphatic rings. The molecule has 8 aromatic rings. The fourth-order valence-corrected chi connectivity index (χ4v) is 7.51. The zero-order chi connectivity index (χ0) is 66.3. The van der Waals surface area contributed by atoms with E-state index < -0.39 is 151 Å². The van der Waals surface area contributed by atoms with E-state index in [0.29, 0.717) is 22.8 Å². The zero-order valence-electron chi connectivity index (χ0n) is 61.0. The van der Waals surface area contributed by atoms with Crippen LogP contribution >= 0.6 is 0 Å². The summed E-state index contributed by atoms with van der Waals surface area (Å²) in [5.74, 6) is -1.99. The standard InChI is InChI=1S/C58H61N3O/c1-55(2,3)43-31-41(30-42(32-43)49-34-40(28-29-59-49)38-22-17-14-18-23-38)45-24-19-25-51-52(45)60-54(46-35-44(56(4,5)6)36-48(53(46)62)58(10,11)12)61(51)50-27-26-39(33-47(50)57(7,8)9)37-20-15-13-16-21-37/h13-36,62H,1-12H3/i4D3,5D3,6D3,10D3,11D3,12D3,14D,17D,18D,22D,23D,28D,29D,34D. The predicted octanol–water partition coefficient (Wildman–Crippen LogP) is 15.7. The Morgan fingerprint density at radius 3 is 1.95 bits per heavy atom. The first-order valence-corrected chi connectivity index (χ1v) is 19.8. The van der Waals surface area contributed by atoms with Gasteiger partial charge in [0.15, 0.2) is 0 Å². The molecule has 0 amide bonds. The van der Waals surface area contributed by atoms with Gasteiger partial charge in [-0.05, 0) is 115 Å². The SMILES string of the molecule is [2H]c1nc(-c2cc(-c3cccc4c3nc(-c3cc(C(C([2H])([2H])[2H])(C([2H])([2H])[2H])C([2H])([2H])[2H])cc(C(C([2H])([2H])[2H])(C([2H])([2H])[2H])C([2H])([2H])[2H])c3O)n4-c3ccc(-c4ccccc4)cc3C(C)(C)C)cc(C(C)(C)C)c2)c([2H])c(-c2c([2H])c([2H])c([2H])c([2H])c2[2H])c1[2H]. The van der Waals surface area contributed by atoms with Crippen molar-refractivity contribution in [3.05, 3.63) is 168 Å². The maximum atomic E-state index is 13.1. The smallest absolute Gasteiger partial charge is 0.149 e. The topological polar surface area (TPSA) is 50.9 Å². The molecule has 1 N–H and O–H groups in total. The molecular formula is C58H61N3O. The largest absolute Gasteiger partial charge is 0.507 e. The van der Waals surface area contributed by atoms with Gasteiger partial charge in [-0.1, -0.05) is 174 Å². The molecule has 0 atom stereocenters. The second-order valence-corrected chi connectivity index (χ2v) is 17.5. The molecule has 0 radical (unpaired) electrons. The van der Waals surface area contributed by atoms with Gasteiger partial charge in [0, 0.05) is 47.5 Å². The van der Waals surface area contributed by atoms with Crippen LogP contribution < -0.4 is 0 Å². The normalized spacial score (nSPS) is 19.9. The van der Waals surface area contributed by atoms with E-state index in [0.717, 1.165) is 5.56 Å². The van der Waals surface area contributed by atoms with E-state index in [4.69, 9.17) is 39.3 Å². The van der Waals surface area contributed by atoms with Crippen LogP contribution in [0.1, 0.15) is 141 Å². The van der Waals surface area contributed by atoms with Gasteiger partial charge in [-0.15, -0.1) is 0 Å². The molecule has 0 aliphatic carbocycles. The number of aromatic nitrogens is 3. The monoisotopic (exact) mass is 842 g/mol. The molecule has 0 unspecified atom stereocenters. The van der Waals surface area contributed by atoms with Crippen molar-refractivity contribution in [1.29, 1.82) is 0 Å². The molecule has 0 fully saturated rings. The van der Waals surface area contributed by atoms with Crippen molar-refractivity contribution < 1.29 is 40.7 Å². The third kappa shape index (κ3) is 8.23. The highest BCUT2D eigenvalue weighted by Crippen LogP contribution is 2.46. The number of nitrogens with zero attached hydrogens (tertiary/aromatic N) is 3. The Bertz CT molecular complexity index is 3980. The van der Waals surface area contributed by atoms with E-state index in [1.807, 2.05) is 77.9 Å². The molecular weight excluding hydrogens is 755 g/mol. The van der Waals surface area contributed by atoms with Gasteiger partial charge >= 0.3 is 0 Å². The van der Waals surface area contributed by atoms with E-state index in [1.165, 1.54) is 10.6 Å². The summed E-state index contributed by atoms with van der Waals surface area (Å²) in [6.45, 7) is -13.8. The Balaban J connectivity index is 1.63. The molecule has 62 heavy (non-hydrogen) atoms. The first-order chi connectivity index (χ1) is 40.0. The van der Waals surface area contributed by atoms with Gasteiger partial charge < -0.3 is 5.11 Å². The number of imidazole rings is 1. The van der Waals surface area contributed by atoms with Crippen LogP contribution in [0, 0.1) is 0 Å². The molecule has 314 valence electrons. The average molecular weight is 842 g/mol. The zero-order valence-corrected chi connectivity index (χ0v) is 35.0. The number of hydrogen-bond donors (Lipinski definition) is 1. The van der Waals surface area contributed by atoms with Crippen LogP contribution in [-0.4, -0.2) is 19.6 Å². The Morgan fingerprint density at radius 2 is 1.26 bits per heavy atom. The molecule has 8 rings (SSSR count). The van der Waals surface area contributed by atoms with Gasteiger partial charge in [0.2, 0.25) is 0 Å². The lowest BCUT2D eigenvalue weighted by Crippen LogP contribution is -2.18. The molecule has 4 heteroatoms. The number of rotatable bonds is 6. The molecule has 0 spiro atoms. The van der Waals surface area contributed by atoms with Crippen molar-refractivity contribution in [2.45, 2.75) is 104 Å². The minimum Gasteiger partial charge on any atom is -0.507 e. The Morgan fingerprint density at radius 1 is 0.548 bits per heavy atom. The van der Waals surface area contributed by atoms with Gasteiger partial charge in [-0.25, -0.2) is 4.98 Å². The van der Waals surface area contributed by atoms with Crippen molar-refractivity contribution in [2.75, 3.05) is 0 Å². The van der Waals surface area contributed by atoms with Gasteiger partial charge in [0.25, 0.3) is 0 Å². The van der Waals surface area contributed by atoms with E-state index in [2.05, 4.69) is 4.98 Å². The first-order valence-electron chi connectivity index (χ1n) is 32.8. The van der Waals surface area contributed by atoms with Crippen LogP contribution in [0.2, 0.25) is 0 Å². The second-order valence-electron chi connectivity index (χ2n) is 17.5. The number of phenols is 1. The molecule has 0 saturated carbocycles. The van der Waals surface area contributed by atoms with Crippen LogP contribution in [0.25, 0.3) is 72.7 Å². The molecule has 0 bridgehead atoms. The molecule has 6 aromatic carbocycles. The summed E-state index contributed by atoms with van der Waals surface area (Å²) in [6, 6.07) is 20.0. The van der Waals surface area contributed by atoms with Crippen LogP contribution in [0.4, 0.5) is 0 Å². The fraction of sp³-hybridized carbons (Fsp3) is 0.276. The lowest BCUT2D eigenvalue weighted by atomic mass is 9.78. The quantitative estimate of drug-likeness (QED) is 0.181. The summed E-state index contributed by atoms with van der Waals surface area (Å²) < 4.78 is 229. The first kappa shape index (κ1) is 21.2. The van der Waals surface area contributed by atoms with Gasteiger partial charge in [-0.3, -0.25) is 9.55 Å². The maximum absolute atomic E-state index is 13.1. The summed E-state index contributed by atoms with van der Waals surface area (Å²) in [5, 5.41) is 13.1. The van der Waals surface area contributed by atoms with Crippen molar-refractivity contribution in [1.82, 2.24) is 14.5 Å². The number of para-hydroxylation sites is 1. The Hall–Kier alpha value is -6.26. The molecule has 0 saturated heterocycles. The van der Waals surface area contributed by atoms with Crippen molar-refractivity contribution in [2.24, 2.45) is 0 Å². The summed E-state index contributed by atoms with van der Waals surface area (Å²) in [6.07, 6.45) is -0.714. The third-order valence-electron chi connectivity index (χ3n) is 10.8. The fourth-order valence-electron chi connectivity index (χ4n) is 7.51. The van der Waals surface area contributed by atoms with E-state index >= 15 is 0 Å². The van der Waals surface area contributed by atoms with Crippen LogP contribution in [0.15, 0.2) is 146 Å². The van der Waals surface area contributed by atoms with E-state index in [9.17, 15) is 6.48 Å². The highest BCUT2D eigenvalue weighted by Gasteiger charge is 2.30. The third-order valence-corrected chi connectivity index (χ3v) is 10.8. The number of phenolic OH excluding ortho intramolecular Hbond substituents is 1.